The SMILES string of the molecule is Cc1cc(Cl)ccc1N=C(Cl)C(F)(F)F. The average molecular weight is 256 g/mol. The van der Waals surface area contributed by atoms with Gasteiger partial charge in [0, 0.05) is 5.02 Å². The number of hydrogen-bond acceptors (Lipinski definition) is 1. The van der Waals surface area contributed by atoms with E-state index >= 15 is 0 Å². The Hall–Kier alpha value is -0.740. The molecule has 6 heteroatoms. The Labute approximate surface area is 94.5 Å². The number of hydrogen-bond donors (Lipinski definition) is 0. The number of halogens is 5. The van der Waals surface area contributed by atoms with Crippen LogP contribution in [0, 0.1) is 6.92 Å². The Balaban J connectivity index is 3.09. The third kappa shape index (κ3) is 3.39. The summed E-state index contributed by atoms with van der Waals surface area (Å²) in [5.41, 5.74) is 0.687. The number of alkyl halides is 3. The van der Waals surface area contributed by atoms with Gasteiger partial charge in [-0.25, -0.2) is 4.99 Å². The molecule has 0 bridgehead atoms. The molecule has 1 nitrogen and oxygen atoms in total. The third-order valence-corrected chi connectivity index (χ3v) is 2.15. The van der Waals surface area contributed by atoms with Gasteiger partial charge in [-0.15, -0.1) is 0 Å². The Morgan fingerprint density at radius 3 is 2.40 bits per heavy atom. The van der Waals surface area contributed by atoms with E-state index in [1.807, 2.05) is 0 Å². The molecule has 0 aromatic heterocycles. The molecule has 1 aromatic carbocycles. The molecule has 0 N–H and O–H groups in total. The van der Waals surface area contributed by atoms with E-state index in [9.17, 15) is 13.2 Å². The maximum atomic E-state index is 12.1. The van der Waals surface area contributed by atoms with Crippen LogP contribution in [0.1, 0.15) is 5.56 Å². The van der Waals surface area contributed by atoms with Crippen molar-refractivity contribution in [1.82, 2.24) is 0 Å². The van der Waals surface area contributed by atoms with Crippen LogP contribution in [0.5, 0.6) is 0 Å². The van der Waals surface area contributed by atoms with Crippen molar-refractivity contribution in [3.63, 3.8) is 0 Å². The van der Waals surface area contributed by atoms with Gasteiger partial charge in [0.15, 0.2) is 0 Å². The summed E-state index contributed by atoms with van der Waals surface area (Å²) in [6.45, 7) is 1.60. The van der Waals surface area contributed by atoms with Crippen molar-refractivity contribution in [3.05, 3.63) is 28.8 Å². The van der Waals surface area contributed by atoms with Crippen LogP contribution in [0.15, 0.2) is 23.2 Å². The lowest BCUT2D eigenvalue weighted by atomic mass is 10.2. The molecule has 0 amide bonds. The number of nitrogens with zero attached hydrogens (tertiary/aromatic N) is 1. The van der Waals surface area contributed by atoms with Gasteiger partial charge in [-0.1, -0.05) is 23.2 Å². The van der Waals surface area contributed by atoms with Crippen LogP contribution in [-0.2, 0) is 0 Å². The van der Waals surface area contributed by atoms with E-state index in [1.54, 1.807) is 6.92 Å². The maximum absolute atomic E-state index is 12.1. The van der Waals surface area contributed by atoms with Gasteiger partial charge in [0.2, 0.25) is 5.17 Å². The summed E-state index contributed by atoms with van der Waals surface area (Å²) in [6.07, 6.45) is -4.62. The van der Waals surface area contributed by atoms with Crippen LogP contribution in [0.3, 0.4) is 0 Å². The fourth-order valence-corrected chi connectivity index (χ4v) is 1.23. The second-order valence-electron chi connectivity index (χ2n) is 2.83. The number of rotatable bonds is 1. The van der Waals surface area contributed by atoms with Gasteiger partial charge in [0.1, 0.15) is 0 Å². The van der Waals surface area contributed by atoms with Crippen LogP contribution in [0.4, 0.5) is 18.9 Å². The van der Waals surface area contributed by atoms with Crippen molar-refractivity contribution in [2.45, 2.75) is 13.1 Å². The Morgan fingerprint density at radius 2 is 1.93 bits per heavy atom. The van der Waals surface area contributed by atoms with Crippen molar-refractivity contribution < 1.29 is 13.2 Å². The van der Waals surface area contributed by atoms with Crippen molar-refractivity contribution >= 4 is 34.1 Å². The largest absolute Gasteiger partial charge is 0.444 e. The highest BCUT2D eigenvalue weighted by atomic mass is 35.5. The highest BCUT2D eigenvalue weighted by Crippen LogP contribution is 2.27. The lowest BCUT2D eigenvalue weighted by Gasteiger charge is -2.05. The lowest BCUT2D eigenvalue weighted by Crippen LogP contribution is -2.16. The van der Waals surface area contributed by atoms with E-state index in [0.717, 1.165) is 0 Å². The van der Waals surface area contributed by atoms with Crippen molar-refractivity contribution in [2.75, 3.05) is 0 Å². The summed E-state index contributed by atoms with van der Waals surface area (Å²) in [4.78, 5) is 3.27. The summed E-state index contributed by atoms with van der Waals surface area (Å²) in [6, 6.07) is 4.35. The summed E-state index contributed by atoms with van der Waals surface area (Å²) in [7, 11) is 0. The lowest BCUT2D eigenvalue weighted by molar-refractivity contribution is -0.0558. The second-order valence-corrected chi connectivity index (χ2v) is 3.63. The number of aryl methyl sites for hydroxylation is 1. The minimum atomic E-state index is -4.62. The Kier molecular flexibility index (Phi) is 3.62. The van der Waals surface area contributed by atoms with E-state index in [-0.39, 0.29) is 5.69 Å². The summed E-state index contributed by atoms with van der Waals surface area (Å²) in [5.74, 6) is 0. The van der Waals surface area contributed by atoms with Crippen LogP contribution >= 0.6 is 23.2 Å². The van der Waals surface area contributed by atoms with Gasteiger partial charge in [0.25, 0.3) is 0 Å². The second kappa shape index (κ2) is 4.41. The normalized spacial score (nSPS) is 13.1. The maximum Gasteiger partial charge on any atom is 0.444 e. The van der Waals surface area contributed by atoms with Gasteiger partial charge < -0.3 is 0 Å². The first-order valence-corrected chi connectivity index (χ1v) is 4.64. The molecule has 0 saturated carbocycles. The van der Waals surface area contributed by atoms with Crippen LogP contribution in [-0.4, -0.2) is 11.3 Å². The minimum absolute atomic E-state index is 0.154. The molecule has 0 aliphatic carbocycles. The predicted octanol–water partition coefficient (Wildman–Crippen LogP) is 4.48. The molecule has 1 rings (SSSR count). The third-order valence-electron chi connectivity index (χ3n) is 1.61. The number of benzene rings is 1. The molecule has 0 unspecified atom stereocenters. The summed E-state index contributed by atoms with van der Waals surface area (Å²) in [5, 5.41) is -0.956. The van der Waals surface area contributed by atoms with E-state index in [0.29, 0.717) is 10.6 Å². The van der Waals surface area contributed by atoms with Gasteiger partial charge in [-0.3, -0.25) is 0 Å². The Bertz CT molecular complexity index is 399. The van der Waals surface area contributed by atoms with Crippen molar-refractivity contribution in [3.8, 4) is 0 Å². The monoisotopic (exact) mass is 255 g/mol. The van der Waals surface area contributed by atoms with E-state index in [2.05, 4.69) is 4.99 Å². The first kappa shape index (κ1) is 12.3. The quantitative estimate of drug-likeness (QED) is 0.657. The zero-order valence-electron chi connectivity index (χ0n) is 7.57. The molecule has 1 aromatic rings. The standard InChI is InChI=1S/C9H6Cl2F3N/c1-5-4-6(10)2-3-7(5)15-8(11)9(12,13)14/h2-4H,1H3. The molecule has 0 saturated heterocycles. The molecule has 0 radical (unpaired) electrons. The molecule has 0 aliphatic heterocycles. The van der Waals surface area contributed by atoms with Gasteiger partial charge in [-0.2, -0.15) is 13.2 Å². The van der Waals surface area contributed by atoms with Crippen LogP contribution in [0.25, 0.3) is 0 Å². The molecular weight excluding hydrogens is 250 g/mol. The Morgan fingerprint density at radius 1 is 1.33 bits per heavy atom. The zero-order valence-corrected chi connectivity index (χ0v) is 9.08. The zero-order chi connectivity index (χ0) is 11.6. The first-order valence-electron chi connectivity index (χ1n) is 3.88. The van der Waals surface area contributed by atoms with E-state index in [1.165, 1.54) is 18.2 Å². The fourth-order valence-electron chi connectivity index (χ4n) is 0.913. The summed E-state index contributed by atoms with van der Waals surface area (Å²) < 4.78 is 36.2. The minimum Gasteiger partial charge on any atom is -0.232 e. The van der Waals surface area contributed by atoms with Crippen molar-refractivity contribution in [2.24, 2.45) is 4.99 Å². The molecule has 15 heavy (non-hydrogen) atoms. The highest BCUT2D eigenvalue weighted by Gasteiger charge is 2.34. The van der Waals surface area contributed by atoms with Gasteiger partial charge in [0.05, 0.1) is 5.69 Å². The average Bonchev–Trinajstić information content (AvgIpc) is 2.08. The van der Waals surface area contributed by atoms with E-state index < -0.39 is 11.3 Å². The van der Waals surface area contributed by atoms with Crippen molar-refractivity contribution in [1.29, 1.82) is 0 Å². The van der Waals surface area contributed by atoms with Crippen LogP contribution < -0.4 is 0 Å². The fraction of sp³-hybridized carbons (Fsp3) is 0.222. The van der Waals surface area contributed by atoms with Crippen LogP contribution in [0.2, 0.25) is 5.02 Å². The molecular formula is C9H6Cl2F3N. The van der Waals surface area contributed by atoms with Gasteiger partial charge >= 0.3 is 6.18 Å². The smallest absolute Gasteiger partial charge is 0.232 e. The predicted molar refractivity (Wildman–Crippen MR) is 55.2 cm³/mol. The highest BCUT2D eigenvalue weighted by molar-refractivity contribution is 6.67. The first-order chi connectivity index (χ1) is 6.80. The van der Waals surface area contributed by atoms with E-state index in [4.69, 9.17) is 23.2 Å². The molecule has 0 spiro atoms. The topological polar surface area (TPSA) is 12.4 Å². The summed E-state index contributed by atoms with van der Waals surface area (Å²) >= 11 is 10.6. The number of aliphatic imine (C=N–C) groups is 1. The molecule has 0 fully saturated rings. The van der Waals surface area contributed by atoms with Gasteiger partial charge in [-0.05, 0) is 30.7 Å². The molecule has 0 heterocycles. The molecule has 0 aliphatic rings. The molecule has 82 valence electrons. The molecule has 0 atom stereocenters.